The first-order chi connectivity index (χ1) is 11.6. The van der Waals surface area contributed by atoms with Crippen molar-refractivity contribution >= 4 is 22.4 Å². The first kappa shape index (κ1) is 16.3. The lowest BCUT2D eigenvalue weighted by molar-refractivity contribution is 0.102. The van der Waals surface area contributed by atoms with Crippen LogP contribution in [0.15, 0.2) is 54.6 Å². The van der Waals surface area contributed by atoms with Crippen LogP contribution in [0.25, 0.3) is 0 Å². The number of carbonyl (C=O) groups is 1. The normalized spacial score (nSPS) is 11.9. The molecule has 0 fully saturated rings. The highest BCUT2D eigenvalue weighted by atomic mass is 32.1. The standard InChI is InChI=1S/C18H16FN3OS/c1-12(13-7-3-2-4-8-13)11-16-21-22-18(24-16)20-17(23)14-9-5-6-10-15(14)19/h2-10,12H,11H2,1H3,(H,20,22,23)/t12-/m0/s1. The summed E-state index contributed by atoms with van der Waals surface area (Å²) >= 11 is 1.31. The molecule has 6 heteroatoms. The van der Waals surface area contributed by atoms with Crippen LogP contribution in [0.2, 0.25) is 0 Å². The lowest BCUT2D eigenvalue weighted by atomic mass is 9.98. The predicted molar refractivity (Wildman–Crippen MR) is 92.8 cm³/mol. The molecule has 0 aliphatic heterocycles. The number of hydrogen-bond acceptors (Lipinski definition) is 4. The molecule has 1 N–H and O–H groups in total. The summed E-state index contributed by atoms with van der Waals surface area (Å²) in [7, 11) is 0. The second-order valence-corrected chi connectivity index (χ2v) is 6.51. The number of hydrogen-bond donors (Lipinski definition) is 1. The molecule has 1 aromatic heterocycles. The van der Waals surface area contributed by atoms with Gasteiger partial charge in [0.05, 0.1) is 5.56 Å². The molecule has 0 bridgehead atoms. The van der Waals surface area contributed by atoms with Crippen LogP contribution in [-0.2, 0) is 6.42 Å². The topological polar surface area (TPSA) is 54.9 Å². The molecule has 0 unspecified atom stereocenters. The summed E-state index contributed by atoms with van der Waals surface area (Å²) in [5.41, 5.74) is 1.22. The van der Waals surface area contributed by atoms with E-state index in [4.69, 9.17) is 0 Å². The van der Waals surface area contributed by atoms with Gasteiger partial charge in [0.2, 0.25) is 5.13 Å². The predicted octanol–water partition coefficient (Wildman–Crippen LogP) is 4.28. The Morgan fingerprint density at radius 2 is 1.83 bits per heavy atom. The van der Waals surface area contributed by atoms with Crippen LogP contribution in [0.3, 0.4) is 0 Å². The summed E-state index contributed by atoms with van der Waals surface area (Å²) in [6.45, 7) is 2.12. The molecular formula is C18H16FN3OS. The number of benzene rings is 2. The maximum absolute atomic E-state index is 13.6. The van der Waals surface area contributed by atoms with Crippen LogP contribution in [0.1, 0.15) is 33.8 Å². The fourth-order valence-corrected chi connectivity index (χ4v) is 3.22. The molecule has 0 saturated carbocycles. The van der Waals surface area contributed by atoms with Gasteiger partial charge in [0.1, 0.15) is 10.8 Å². The van der Waals surface area contributed by atoms with E-state index >= 15 is 0 Å². The monoisotopic (exact) mass is 341 g/mol. The molecule has 0 radical (unpaired) electrons. The van der Waals surface area contributed by atoms with Crippen LogP contribution < -0.4 is 5.32 Å². The molecule has 122 valence electrons. The van der Waals surface area contributed by atoms with Crippen molar-refractivity contribution in [3.05, 3.63) is 76.5 Å². The van der Waals surface area contributed by atoms with Gasteiger partial charge >= 0.3 is 0 Å². The van der Waals surface area contributed by atoms with Crippen molar-refractivity contribution in [2.75, 3.05) is 5.32 Å². The number of rotatable bonds is 5. The van der Waals surface area contributed by atoms with Crippen LogP contribution in [0.5, 0.6) is 0 Å². The Balaban J connectivity index is 1.66. The van der Waals surface area contributed by atoms with E-state index in [1.54, 1.807) is 12.1 Å². The van der Waals surface area contributed by atoms with Crippen LogP contribution in [0.4, 0.5) is 9.52 Å². The van der Waals surface area contributed by atoms with Crippen molar-refractivity contribution in [3.8, 4) is 0 Å². The molecule has 1 amide bonds. The summed E-state index contributed by atoms with van der Waals surface area (Å²) < 4.78 is 13.6. The Morgan fingerprint density at radius 3 is 2.58 bits per heavy atom. The molecule has 1 atom stereocenters. The van der Waals surface area contributed by atoms with E-state index in [2.05, 4.69) is 34.6 Å². The van der Waals surface area contributed by atoms with Gasteiger partial charge in [0, 0.05) is 6.42 Å². The zero-order chi connectivity index (χ0) is 16.9. The molecule has 3 aromatic rings. The minimum Gasteiger partial charge on any atom is -0.296 e. The fourth-order valence-electron chi connectivity index (χ4n) is 2.36. The number of carbonyl (C=O) groups excluding carboxylic acids is 1. The molecule has 0 aliphatic carbocycles. The van der Waals surface area contributed by atoms with Crippen molar-refractivity contribution in [2.24, 2.45) is 0 Å². The lowest BCUT2D eigenvalue weighted by Gasteiger charge is -2.08. The molecule has 0 saturated heterocycles. The highest BCUT2D eigenvalue weighted by molar-refractivity contribution is 7.15. The lowest BCUT2D eigenvalue weighted by Crippen LogP contribution is -2.13. The van der Waals surface area contributed by atoms with Crippen molar-refractivity contribution in [3.63, 3.8) is 0 Å². The molecule has 24 heavy (non-hydrogen) atoms. The second kappa shape index (κ2) is 7.31. The van der Waals surface area contributed by atoms with Gasteiger partial charge in [-0.3, -0.25) is 10.1 Å². The zero-order valence-corrected chi connectivity index (χ0v) is 13.9. The minimum absolute atomic E-state index is 0.00750. The quantitative estimate of drug-likeness (QED) is 0.754. The van der Waals surface area contributed by atoms with Gasteiger partial charge in [0.15, 0.2) is 0 Å². The Hall–Kier alpha value is -2.60. The highest BCUT2D eigenvalue weighted by Gasteiger charge is 2.15. The molecule has 3 rings (SSSR count). The number of halogens is 1. The van der Waals surface area contributed by atoms with E-state index in [9.17, 15) is 9.18 Å². The van der Waals surface area contributed by atoms with Gasteiger partial charge in [-0.15, -0.1) is 10.2 Å². The maximum Gasteiger partial charge on any atom is 0.260 e. The number of nitrogens with one attached hydrogen (secondary N) is 1. The highest BCUT2D eigenvalue weighted by Crippen LogP contribution is 2.24. The molecule has 0 spiro atoms. The summed E-state index contributed by atoms with van der Waals surface area (Å²) in [6, 6.07) is 16.0. The summed E-state index contributed by atoms with van der Waals surface area (Å²) in [4.78, 5) is 12.1. The van der Waals surface area contributed by atoms with Crippen molar-refractivity contribution in [1.29, 1.82) is 0 Å². The third kappa shape index (κ3) is 3.83. The number of aromatic nitrogens is 2. The smallest absolute Gasteiger partial charge is 0.260 e. The Labute approximate surface area is 143 Å². The zero-order valence-electron chi connectivity index (χ0n) is 13.1. The minimum atomic E-state index is -0.558. The SMILES string of the molecule is C[C@@H](Cc1nnc(NC(=O)c2ccccc2F)s1)c1ccccc1. The maximum atomic E-state index is 13.6. The number of nitrogens with zero attached hydrogens (tertiary/aromatic N) is 2. The van der Waals surface area contributed by atoms with E-state index < -0.39 is 11.7 Å². The number of anilines is 1. The van der Waals surface area contributed by atoms with Gasteiger partial charge in [-0.25, -0.2) is 4.39 Å². The molecular weight excluding hydrogens is 325 g/mol. The Bertz CT molecular complexity index is 835. The first-order valence-electron chi connectivity index (χ1n) is 7.56. The van der Waals surface area contributed by atoms with Gasteiger partial charge < -0.3 is 0 Å². The molecule has 4 nitrogen and oxygen atoms in total. The molecule has 1 heterocycles. The van der Waals surface area contributed by atoms with Gasteiger partial charge in [0.25, 0.3) is 5.91 Å². The summed E-state index contributed by atoms with van der Waals surface area (Å²) in [5, 5.41) is 11.9. The molecule has 2 aromatic carbocycles. The van der Waals surface area contributed by atoms with Crippen molar-refractivity contribution < 1.29 is 9.18 Å². The second-order valence-electron chi connectivity index (χ2n) is 5.45. The Kier molecular flexibility index (Phi) is 4.96. The summed E-state index contributed by atoms with van der Waals surface area (Å²) in [5.74, 6) is -0.779. The fraction of sp³-hybridized carbons (Fsp3) is 0.167. The van der Waals surface area contributed by atoms with E-state index in [-0.39, 0.29) is 5.56 Å². The Morgan fingerprint density at radius 1 is 1.12 bits per heavy atom. The van der Waals surface area contributed by atoms with E-state index in [1.807, 2.05) is 18.2 Å². The van der Waals surface area contributed by atoms with E-state index in [0.29, 0.717) is 11.0 Å². The largest absolute Gasteiger partial charge is 0.296 e. The van der Waals surface area contributed by atoms with Gasteiger partial charge in [-0.2, -0.15) is 0 Å². The molecule has 0 aliphatic rings. The third-order valence-corrected chi connectivity index (χ3v) is 4.52. The van der Waals surface area contributed by atoms with Gasteiger partial charge in [-0.05, 0) is 23.6 Å². The van der Waals surface area contributed by atoms with Gasteiger partial charge in [-0.1, -0.05) is 60.7 Å². The first-order valence-corrected chi connectivity index (χ1v) is 8.38. The van der Waals surface area contributed by atoms with E-state index in [0.717, 1.165) is 11.4 Å². The van der Waals surface area contributed by atoms with Crippen molar-refractivity contribution in [2.45, 2.75) is 19.3 Å². The van der Waals surface area contributed by atoms with E-state index in [1.165, 1.54) is 29.0 Å². The third-order valence-electron chi connectivity index (χ3n) is 3.66. The summed E-state index contributed by atoms with van der Waals surface area (Å²) in [6.07, 6.45) is 0.733. The van der Waals surface area contributed by atoms with Crippen LogP contribution in [-0.4, -0.2) is 16.1 Å². The average molecular weight is 341 g/mol. The van der Waals surface area contributed by atoms with Crippen LogP contribution in [0, 0.1) is 5.82 Å². The van der Waals surface area contributed by atoms with Crippen molar-refractivity contribution in [1.82, 2.24) is 10.2 Å². The average Bonchev–Trinajstić information content (AvgIpc) is 3.02. The number of amides is 1. The van der Waals surface area contributed by atoms with Crippen LogP contribution >= 0.6 is 11.3 Å².